The Morgan fingerprint density at radius 2 is 1.57 bits per heavy atom. The van der Waals surface area contributed by atoms with Crippen LogP contribution in [0.3, 0.4) is 0 Å². The Morgan fingerprint density at radius 3 is 2.36 bits per heavy atom. The summed E-state index contributed by atoms with van der Waals surface area (Å²) in [4.78, 5) is 25.2. The second kappa shape index (κ2) is 7.19. The number of aromatic nitrogens is 1. The maximum atomic E-state index is 13.1. The van der Waals surface area contributed by atoms with Gasteiger partial charge in [-0.15, -0.1) is 0 Å². The molecule has 1 atom stereocenters. The number of para-hydroxylation sites is 1. The first-order valence-electron chi connectivity index (χ1n) is 8.97. The van der Waals surface area contributed by atoms with E-state index in [1.54, 1.807) is 19.1 Å². The molecular formula is C23H19NO4. The van der Waals surface area contributed by atoms with Gasteiger partial charge in [-0.1, -0.05) is 54.6 Å². The number of ether oxygens (including phenoxy) is 2. The van der Waals surface area contributed by atoms with Crippen molar-refractivity contribution in [2.75, 3.05) is 7.11 Å². The van der Waals surface area contributed by atoms with Crippen molar-refractivity contribution < 1.29 is 19.1 Å². The molecule has 4 aromatic rings. The fourth-order valence-corrected chi connectivity index (χ4v) is 3.37. The molecule has 0 aliphatic heterocycles. The summed E-state index contributed by atoms with van der Waals surface area (Å²) in [5.74, 6) is -0.103. The van der Waals surface area contributed by atoms with E-state index in [2.05, 4.69) is 0 Å². The molecule has 0 amide bonds. The molecule has 0 radical (unpaired) electrons. The molecule has 0 saturated carbocycles. The first-order valence-corrected chi connectivity index (χ1v) is 8.97. The number of benzene rings is 3. The van der Waals surface area contributed by atoms with Crippen molar-refractivity contribution in [1.82, 2.24) is 4.57 Å². The largest absolute Gasteiger partial charge is 0.480 e. The summed E-state index contributed by atoms with van der Waals surface area (Å²) in [5, 5.41) is 2.65. The first-order chi connectivity index (χ1) is 13.6. The minimum atomic E-state index is -0.743. The van der Waals surface area contributed by atoms with Crippen molar-refractivity contribution >= 4 is 33.6 Å². The number of rotatable bonds is 4. The number of hydrogen-bond acceptors (Lipinski definition) is 4. The number of fused-ring (bicyclic) bond motifs is 2. The molecular weight excluding hydrogens is 354 g/mol. The second-order valence-corrected chi connectivity index (χ2v) is 6.50. The van der Waals surface area contributed by atoms with Gasteiger partial charge in [0.2, 0.25) is 0 Å². The van der Waals surface area contributed by atoms with Crippen molar-refractivity contribution in [3.8, 4) is 5.75 Å². The van der Waals surface area contributed by atoms with Gasteiger partial charge in [0.1, 0.15) is 5.75 Å². The van der Waals surface area contributed by atoms with Crippen LogP contribution in [0.25, 0.3) is 21.7 Å². The fraction of sp³-hybridized carbons (Fsp3) is 0.130. The molecule has 1 aromatic heterocycles. The van der Waals surface area contributed by atoms with E-state index in [9.17, 15) is 9.59 Å². The van der Waals surface area contributed by atoms with Crippen LogP contribution in [-0.2, 0) is 4.74 Å². The average molecular weight is 373 g/mol. The van der Waals surface area contributed by atoms with Crippen LogP contribution in [0.2, 0.25) is 0 Å². The topological polar surface area (TPSA) is 57.5 Å². The smallest absolute Gasteiger partial charge is 0.340 e. The highest BCUT2D eigenvalue weighted by Crippen LogP contribution is 2.27. The molecule has 0 N–H and O–H groups in total. The summed E-state index contributed by atoms with van der Waals surface area (Å²) < 4.78 is 12.3. The summed E-state index contributed by atoms with van der Waals surface area (Å²) in [6.45, 7) is 1.71. The number of carbonyl (C=O) groups excluding carboxylic acids is 2. The van der Waals surface area contributed by atoms with Crippen LogP contribution in [0.15, 0.2) is 72.9 Å². The SMILES string of the molecule is COC(=O)c1cn(C(=O)[C@@H](C)Oc2cccc3ccccc23)c2ccccc12. The van der Waals surface area contributed by atoms with Gasteiger partial charge in [-0.25, -0.2) is 4.79 Å². The molecule has 0 spiro atoms. The molecule has 0 fully saturated rings. The summed E-state index contributed by atoms with van der Waals surface area (Å²) in [6, 6.07) is 20.8. The Morgan fingerprint density at radius 1 is 0.893 bits per heavy atom. The zero-order valence-corrected chi connectivity index (χ0v) is 15.6. The lowest BCUT2D eigenvalue weighted by Crippen LogP contribution is -2.28. The highest BCUT2D eigenvalue weighted by atomic mass is 16.5. The van der Waals surface area contributed by atoms with Crippen LogP contribution >= 0.6 is 0 Å². The molecule has 0 unspecified atom stereocenters. The number of nitrogens with zero attached hydrogens (tertiary/aromatic N) is 1. The fourth-order valence-electron chi connectivity index (χ4n) is 3.37. The third-order valence-corrected chi connectivity index (χ3v) is 4.76. The maximum Gasteiger partial charge on any atom is 0.340 e. The van der Waals surface area contributed by atoms with E-state index in [0.717, 1.165) is 10.8 Å². The van der Waals surface area contributed by atoms with Crippen LogP contribution in [0.1, 0.15) is 22.1 Å². The number of esters is 1. The minimum absolute atomic E-state index is 0.265. The lowest BCUT2D eigenvalue weighted by molar-refractivity contribution is 0.0602. The predicted octanol–water partition coefficient (Wildman–Crippen LogP) is 4.69. The third kappa shape index (κ3) is 3.01. The third-order valence-electron chi connectivity index (χ3n) is 4.76. The van der Waals surface area contributed by atoms with Gasteiger partial charge in [0.25, 0.3) is 5.91 Å². The van der Waals surface area contributed by atoms with Gasteiger partial charge in [0.05, 0.1) is 18.2 Å². The van der Waals surface area contributed by atoms with E-state index in [-0.39, 0.29) is 5.91 Å². The number of methoxy groups -OCH3 is 1. The zero-order chi connectivity index (χ0) is 19.7. The van der Waals surface area contributed by atoms with Gasteiger partial charge in [0.15, 0.2) is 6.10 Å². The van der Waals surface area contributed by atoms with Gasteiger partial charge < -0.3 is 9.47 Å². The van der Waals surface area contributed by atoms with Crippen LogP contribution in [0.4, 0.5) is 0 Å². The number of hydrogen-bond donors (Lipinski definition) is 0. The summed E-state index contributed by atoms with van der Waals surface area (Å²) in [5.41, 5.74) is 0.991. The van der Waals surface area contributed by atoms with E-state index in [0.29, 0.717) is 22.2 Å². The zero-order valence-electron chi connectivity index (χ0n) is 15.6. The quantitative estimate of drug-likeness (QED) is 0.487. The van der Waals surface area contributed by atoms with Gasteiger partial charge in [-0.2, -0.15) is 0 Å². The van der Waals surface area contributed by atoms with Crippen LogP contribution in [0.5, 0.6) is 5.75 Å². The molecule has 0 saturated heterocycles. The Balaban J connectivity index is 1.70. The normalized spacial score (nSPS) is 12.1. The molecule has 0 aliphatic rings. The predicted molar refractivity (Wildman–Crippen MR) is 108 cm³/mol. The summed E-state index contributed by atoms with van der Waals surface area (Å²) >= 11 is 0. The standard InChI is InChI=1S/C23H19NO4/c1-15(28-21-13-7-9-16-8-3-4-10-17(16)21)22(25)24-14-19(23(26)27-2)18-11-5-6-12-20(18)24/h3-15H,1-2H3/t15-/m1/s1. The monoisotopic (exact) mass is 373 g/mol. The molecule has 28 heavy (non-hydrogen) atoms. The average Bonchev–Trinajstić information content (AvgIpc) is 3.12. The van der Waals surface area contributed by atoms with Crippen molar-refractivity contribution in [3.05, 3.63) is 78.5 Å². The molecule has 4 rings (SSSR count). The van der Waals surface area contributed by atoms with Crippen molar-refractivity contribution in [2.45, 2.75) is 13.0 Å². The molecule has 5 nitrogen and oxygen atoms in total. The van der Waals surface area contributed by atoms with Crippen molar-refractivity contribution in [3.63, 3.8) is 0 Å². The maximum absolute atomic E-state index is 13.1. The highest BCUT2D eigenvalue weighted by molar-refractivity contribution is 6.07. The molecule has 140 valence electrons. The van der Waals surface area contributed by atoms with Crippen LogP contribution < -0.4 is 4.74 Å². The van der Waals surface area contributed by atoms with Crippen molar-refractivity contribution in [1.29, 1.82) is 0 Å². The molecule has 5 heteroatoms. The number of carbonyl (C=O) groups is 2. The van der Waals surface area contributed by atoms with E-state index < -0.39 is 12.1 Å². The minimum Gasteiger partial charge on any atom is -0.480 e. The lowest BCUT2D eigenvalue weighted by Gasteiger charge is -2.16. The molecule has 1 heterocycles. The van der Waals surface area contributed by atoms with Gasteiger partial charge in [-0.05, 0) is 24.4 Å². The summed E-state index contributed by atoms with van der Waals surface area (Å²) in [6.07, 6.45) is 0.772. The first kappa shape index (κ1) is 17.8. The lowest BCUT2D eigenvalue weighted by atomic mass is 10.1. The molecule has 0 aliphatic carbocycles. The molecule has 3 aromatic carbocycles. The highest BCUT2D eigenvalue weighted by Gasteiger charge is 2.23. The van der Waals surface area contributed by atoms with E-state index in [4.69, 9.17) is 9.47 Å². The van der Waals surface area contributed by atoms with Crippen molar-refractivity contribution in [2.24, 2.45) is 0 Å². The van der Waals surface area contributed by atoms with Gasteiger partial charge >= 0.3 is 5.97 Å². The Labute approximate surface area is 162 Å². The van der Waals surface area contributed by atoms with Crippen LogP contribution in [-0.4, -0.2) is 29.7 Å². The van der Waals surface area contributed by atoms with Gasteiger partial charge in [-0.3, -0.25) is 9.36 Å². The van der Waals surface area contributed by atoms with Crippen LogP contribution in [0, 0.1) is 0 Å². The summed E-state index contributed by atoms with van der Waals surface area (Å²) in [7, 11) is 1.32. The van der Waals surface area contributed by atoms with E-state index >= 15 is 0 Å². The molecule has 0 bridgehead atoms. The Bertz CT molecular complexity index is 1190. The van der Waals surface area contributed by atoms with E-state index in [1.807, 2.05) is 54.6 Å². The Kier molecular flexibility index (Phi) is 4.57. The van der Waals surface area contributed by atoms with E-state index in [1.165, 1.54) is 17.9 Å². The van der Waals surface area contributed by atoms with Gasteiger partial charge in [0, 0.05) is 17.0 Å². The Hall–Kier alpha value is -3.60. The second-order valence-electron chi connectivity index (χ2n) is 6.50.